The number of nitrogens with one attached hydrogen (secondary N) is 1. The van der Waals surface area contributed by atoms with E-state index >= 15 is 0 Å². The Balaban J connectivity index is 2.31. The Labute approximate surface area is 92.9 Å². The van der Waals surface area contributed by atoms with Gasteiger partial charge in [-0.2, -0.15) is 0 Å². The fourth-order valence-corrected chi connectivity index (χ4v) is 2.47. The molecule has 1 aliphatic carbocycles. The van der Waals surface area contributed by atoms with Gasteiger partial charge in [-0.15, -0.1) is 0 Å². The fourth-order valence-electron chi connectivity index (χ4n) is 2.47. The third-order valence-corrected chi connectivity index (χ3v) is 3.37. The van der Waals surface area contributed by atoms with Crippen LogP contribution in [0.5, 0.6) is 0 Å². The molecular weight excluding hydrogens is 182 g/mol. The molecule has 0 aromatic heterocycles. The van der Waals surface area contributed by atoms with Crippen molar-refractivity contribution < 1.29 is 0 Å². The number of hydrogen-bond donors (Lipinski definition) is 1. The van der Waals surface area contributed by atoms with Crippen molar-refractivity contribution >= 4 is 0 Å². The normalized spacial score (nSPS) is 17.8. The van der Waals surface area contributed by atoms with Crippen LogP contribution in [0.15, 0.2) is 18.2 Å². The quantitative estimate of drug-likeness (QED) is 0.791. The lowest BCUT2D eigenvalue weighted by Crippen LogP contribution is -2.24. The largest absolute Gasteiger partial charge is 0.310 e. The zero-order valence-electron chi connectivity index (χ0n) is 10.0. The van der Waals surface area contributed by atoms with Crippen molar-refractivity contribution in [2.75, 3.05) is 6.54 Å². The smallest absolute Gasteiger partial charge is 0.0353 e. The second-order valence-corrected chi connectivity index (χ2v) is 4.68. The molecule has 1 aliphatic rings. The summed E-state index contributed by atoms with van der Waals surface area (Å²) in [6.45, 7) is 7.72. The summed E-state index contributed by atoms with van der Waals surface area (Å²) >= 11 is 0. The maximum Gasteiger partial charge on any atom is 0.0353 e. The summed E-state index contributed by atoms with van der Waals surface area (Å²) in [5, 5.41) is 3.64. The molecule has 1 aromatic carbocycles. The second kappa shape index (κ2) is 4.36. The van der Waals surface area contributed by atoms with E-state index in [9.17, 15) is 0 Å². The number of rotatable bonds is 4. The van der Waals surface area contributed by atoms with Crippen molar-refractivity contribution in [1.29, 1.82) is 0 Å². The minimum Gasteiger partial charge on any atom is -0.310 e. The monoisotopic (exact) mass is 203 g/mol. The van der Waals surface area contributed by atoms with Gasteiger partial charge in [0.1, 0.15) is 0 Å². The van der Waals surface area contributed by atoms with E-state index < -0.39 is 0 Å². The van der Waals surface area contributed by atoms with E-state index in [2.05, 4.69) is 44.3 Å². The van der Waals surface area contributed by atoms with Crippen molar-refractivity contribution in [3.8, 4) is 0 Å². The zero-order chi connectivity index (χ0) is 10.8. The molecule has 1 aromatic rings. The number of benzene rings is 1. The maximum atomic E-state index is 3.64. The van der Waals surface area contributed by atoms with Crippen LogP contribution in [-0.4, -0.2) is 6.54 Å². The molecule has 0 aliphatic heterocycles. The molecule has 1 unspecified atom stereocenters. The van der Waals surface area contributed by atoms with Gasteiger partial charge in [-0.25, -0.2) is 0 Å². The minimum absolute atomic E-state index is 0.594. The van der Waals surface area contributed by atoms with Gasteiger partial charge >= 0.3 is 0 Å². The summed E-state index contributed by atoms with van der Waals surface area (Å²) < 4.78 is 0. The molecule has 1 heteroatoms. The highest BCUT2D eigenvalue weighted by Crippen LogP contribution is 2.42. The van der Waals surface area contributed by atoms with E-state index in [0.29, 0.717) is 6.04 Å². The Morgan fingerprint density at radius 1 is 1.27 bits per heavy atom. The van der Waals surface area contributed by atoms with Gasteiger partial charge in [-0.05, 0) is 55.8 Å². The molecule has 1 atom stereocenters. The Kier molecular flexibility index (Phi) is 3.11. The van der Waals surface area contributed by atoms with Crippen LogP contribution in [0.25, 0.3) is 0 Å². The summed E-state index contributed by atoms with van der Waals surface area (Å²) in [6, 6.07) is 7.21. The predicted octanol–water partition coefficient (Wildman–Crippen LogP) is 3.36. The highest BCUT2D eigenvalue weighted by molar-refractivity contribution is 5.37. The Bertz CT molecular complexity index is 319. The van der Waals surface area contributed by atoms with Gasteiger partial charge in [0.15, 0.2) is 0 Å². The van der Waals surface area contributed by atoms with Crippen LogP contribution in [0.3, 0.4) is 0 Å². The first-order chi connectivity index (χ1) is 7.24. The average molecular weight is 203 g/mol. The van der Waals surface area contributed by atoms with Crippen molar-refractivity contribution in [2.45, 2.75) is 39.7 Å². The highest BCUT2D eigenvalue weighted by Gasteiger charge is 2.32. The molecule has 0 heterocycles. The van der Waals surface area contributed by atoms with Crippen molar-refractivity contribution in [1.82, 2.24) is 5.32 Å². The van der Waals surface area contributed by atoms with E-state index in [4.69, 9.17) is 0 Å². The van der Waals surface area contributed by atoms with Crippen LogP contribution < -0.4 is 5.32 Å². The van der Waals surface area contributed by atoms with E-state index in [-0.39, 0.29) is 0 Å². The maximum absolute atomic E-state index is 3.64. The molecule has 0 saturated heterocycles. The first kappa shape index (κ1) is 10.7. The molecule has 0 amide bonds. The predicted molar refractivity (Wildman–Crippen MR) is 65.1 cm³/mol. The summed E-state index contributed by atoms with van der Waals surface area (Å²) in [5.41, 5.74) is 4.42. The van der Waals surface area contributed by atoms with E-state index in [1.165, 1.54) is 24.0 Å². The third-order valence-electron chi connectivity index (χ3n) is 3.37. The van der Waals surface area contributed by atoms with Gasteiger partial charge in [0, 0.05) is 6.04 Å². The molecule has 0 radical (unpaired) electrons. The second-order valence-electron chi connectivity index (χ2n) is 4.68. The summed E-state index contributed by atoms with van der Waals surface area (Å²) in [4.78, 5) is 0. The van der Waals surface area contributed by atoms with Crippen molar-refractivity contribution in [3.63, 3.8) is 0 Å². The van der Waals surface area contributed by atoms with Crippen LogP contribution in [0.2, 0.25) is 0 Å². The molecule has 82 valence electrons. The third kappa shape index (κ3) is 2.23. The topological polar surface area (TPSA) is 12.0 Å². The van der Waals surface area contributed by atoms with Crippen molar-refractivity contribution in [3.05, 3.63) is 34.9 Å². The molecule has 1 N–H and O–H groups in total. The van der Waals surface area contributed by atoms with E-state index in [0.717, 1.165) is 12.5 Å². The van der Waals surface area contributed by atoms with Crippen LogP contribution in [-0.2, 0) is 0 Å². The molecule has 15 heavy (non-hydrogen) atoms. The first-order valence-corrected chi connectivity index (χ1v) is 6.03. The van der Waals surface area contributed by atoms with Gasteiger partial charge in [0.05, 0.1) is 0 Å². The van der Waals surface area contributed by atoms with Crippen LogP contribution >= 0.6 is 0 Å². The lowest BCUT2D eigenvalue weighted by Gasteiger charge is -2.22. The lowest BCUT2D eigenvalue weighted by molar-refractivity contribution is 0.492. The van der Waals surface area contributed by atoms with Crippen LogP contribution in [0, 0.1) is 19.8 Å². The van der Waals surface area contributed by atoms with Gasteiger partial charge in [-0.1, -0.05) is 25.1 Å². The standard InChI is InChI=1S/C14H21N/c1-4-15-14(12-8-9-12)13-10(2)6-5-7-11(13)3/h5-7,12,14-15H,4,8-9H2,1-3H3. The van der Waals surface area contributed by atoms with Crippen LogP contribution in [0.4, 0.5) is 0 Å². The lowest BCUT2D eigenvalue weighted by atomic mass is 9.93. The molecule has 1 fully saturated rings. The fraction of sp³-hybridized carbons (Fsp3) is 0.571. The van der Waals surface area contributed by atoms with Gasteiger partial charge in [0.25, 0.3) is 0 Å². The SMILES string of the molecule is CCNC(c1c(C)cccc1C)C1CC1. The summed E-state index contributed by atoms with van der Waals surface area (Å²) in [6.07, 6.45) is 2.79. The minimum atomic E-state index is 0.594. The molecule has 0 spiro atoms. The molecule has 2 rings (SSSR count). The zero-order valence-corrected chi connectivity index (χ0v) is 10.0. The van der Waals surface area contributed by atoms with E-state index in [1.54, 1.807) is 5.56 Å². The average Bonchev–Trinajstić information content (AvgIpc) is 2.99. The van der Waals surface area contributed by atoms with Gasteiger partial charge in [-0.3, -0.25) is 0 Å². The molecule has 0 bridgehead atoms. The van der Waals surface area contributed by atoms with Crippen LogP contribution in [0.1, 0.15) is 42.5 Å². The highest BCUT2D eigenvalue weighted by atomic mass is 14.9. The summed E-state index contributed by atoms with van der Waals surface area (Å²) in [5.74, 6) is 0.879. The Morgan fingerprint density at radius 2 is 1.87 bits per heavy atom. The molecular formula is C14H21N. The van der Waals surface area contributed by atoms with Gasteiger partial charge < -0.3 is 5.32 Å². The summed E-state index contributed by atoms with van der Waals surface area (Å²) in [7, 11) is 0. The Hall–Kier alpha value is -0.820. The van der Waals surface area contributed by atoms with Gasteiger partial charge in [0.2, 0.25) is 0 Å². The number of hydrogen-bond acceptors (Lipinski definition) is 1. The van der Waals surface area contributed by atoms with E-state index in [1.807, 2.05) is 0 Å². The number of aryl methyl sites for hydroxylation is 2. The van der Waals surface area contributed by atoms with Crippen molar-refractivity contribution in [2.24, 2.45) is 5.92 Å². The Morgan fingerprint density at radius 3 is 2.33 bits per heavy atom. The first-order valence-electron chi connectivity index (χ1n) is 6.03. The molecule has 1 nitrogen and oxygen atoms in total. The molecule has 1 saturated carbocycles.